The fourth-order valence-corrected chi connectivity index (χ4v) is 1.41. The number of anilines is 1. The van der Waals surface area contributed by atoms with Gasteiger partial charge in [0.05, 0.1) is 0 Å². The molecule has 0 aromatic heterocycles. The van der Waals surface area contributed by atoms with E-state index in [9.17, 15) is 4.79 Å². The van der Waals surface area contributed by atoms with Crippen molar-refractivity contribution in [1.82, 2.24) is 0 Å². The molecule has 0 bridgehead atoms. The lowest BCUT2D eigenvalue weighted by molar-refractivity contribution is 0.0636. The van der Waals surface area contributed by atoms with E-state index in [-0.39, 0.29) is 0 Å². The van der Waals surface area contributed by atoms with Crippen molar-refractivity contribution in [3.8, 4) is 0 Å². The Hall–Kier alpha value is -1.22. The van der Waals surface area contributed by atoms with Crippen LogP contribution in [0.4, 0.5) is 10.5 Å². The summed E-state index contributed by atoms with van der Waals surface area (Å²) in [4.78, 5) is 11.5. The molecule has 1 rings (SSSR count). The molecule has 0 unspecified atom stereocenters. The van der Waals surface area contributed by atoms with Crippen molar-refractivity contribution >= 4 is 23.4 Å². The van der Waals surface area contributed by atoms with E-state index in [0.717, 1.165) is 5.56 Å². The van der Waals surface area contributed by atoms with Crippen LogP contribution in [-0.4, -0.2) is 11.7 Å². The van der Waals surface area contributed by atoms with Gasteiger partial charge in [0.15, 0.2) is 0 Å². The minimum atomic E-state index is -0.496. The molecule has 0 heterocycles. The molecular formula is C12H16ClNO2. The summed E-state index contributed by atoms with van der Waals surface area (Å²) in [5.41, 5.74) is 1.11. The number of benzene rings is 1. The summed E-state index contributed by atoms with van der Waals surface area (Å²) in [5, 5.41) is 3.32. The normalized spacial score (nSPS) is 11.1. The first kappa shape index (κ1) is 12.8. The molecule has 1 aromatic carbocycles. The Kier molecular flexibility index (Phi) is 3.81. The lowest BCUT2D eigenvalue weighted by Crippen LogP contribution is -2.27. The van der Waals surface area contributed by atoms with Crippen molar-refractivity contribution in [3.05, 3.63) is 28.8 Å². The van der Waals surface area contributed by atoms with Crippen LogP contribution in [0.3, 0.4) is 0 Å². The SMILES string of the molecule is Cc1cc(Cl)ccc1NC(=O)OC(C)(C)C. The van der Waals surface area contributed by atoms with Gasteiger partial charge in [-0.25, -0.2) is 4.79 Å². The predicted octanol–water partition coefficient (Wildman–Crippen LogP) is 4.00. The molecule has 0 saturated heterocycles. The van der Waals surface area contributed by atoms with Gasteiger partial charge in [0, 0.05) is 10.7 Å². The molecular weight excluding hydrogens is 226 g/mol. The number of aryl methyl sites for hydroxylation is 1. The maximum Gasteiger partial charge on any atom is 0.412 e. The van der Waals surface area contributed by atoms with Crippen molar-refractivity contribution in [2.75, 3.05) is 5.32 Å². The fourth-order valence-electron chi connectivity index (χ4n) is 1.18. The molecule has 3 nitrogen and oxygen atoms in total. The number of hydrogen-bond donors (Lipinski definition) is 1. The first-order valence-electron chi connectivity index (χ1n) is 5.04. The van der Waals surface area contributed by atoms with Crippen molar-refractivity contribution in [1.29, 1.82) is 0 Å². The number of rotatable bonds is 1. The van der Waals surface area contributed by atoms with Crippen LogP contribution < -0.4 is 5.32 Å². The van der Waals surface area contributed by atoms with Crippen molar-refractivity contribution in [2.45, 2.75) is 33.3 Å². The monoisotopic (exact) mass is 241 g/mol. The first-order chi connectivity index (χ1) is 7.28. The van der Waals surface area contributed by atoms with Gasteiger partial charge < -0.3 is 4.74 Å². The summed E-state index contributed by atoms with van der Waals surface area (Å²) in [6.45, 7) is 7.34. The van der Waals surface area contributed by atoms with E-state index < -0.39 is 11.7 Å². The Bertz CT molecular complexity index is 396. The molecule has 0 fully saturated rings. The molecule has 0 aliphatic carbocycles. The van der Waals surface area contributed by atoms with Crippen molar-refractivity contribution in [2.24, 2.45) is 0 Å². The van der Waals surface area contributed by atoms with Crippen molar-refractivity contribution in [3.63, 3.8) is 0 Å². The van der Waals surface area contributed by atoms with Crippen LogP contribution in [0.2, 0.25) is 5.02 Å². The predicted molar refractivity (Wildman–Crippen MR) is 66.0 cm³/mol. The van der Waals surface area contributed by atoms with Crippen LogP contribution in [-0.2, 0) is 4.74 Å². The molecule has 0 aliphatic heterocycles. The first-order valence-corrected chi connectivity index (χ1v) is 5.42. The van der Waals surface area contributed by atoms with Gasteiger partial charge in [-0.05, 0) is 51.5 Å². The van der Waals surface area contributed by atoms with Crippen LogP contribution in [0.1, 0.15) is 26.3 Å². The van der Waals surface area contributed by atoms with Gasteiger partial charge in [-0.1, -0.05) is 11.6 Å². The fraction of sp³-hybridized carbons (Fsp3) is 0.417. The summed E-state index contributed by atoms with van der Waals surface area (Å²) in [6, 6.07) is 5.26. The zero-order valence-electron chi connectivity index (χ0n) is 9.93. The van der Waals surface area contributed by atoms with E-state index in [0.29, 0.717) is 10.7 Å². The molecule has 0 saturated carbocycles. The zero-order valence-corrected chi connectivity index (χ0v) is 10.7. The molecule has 1 N–H and O–H groups in total. The zero-order chi connectivity index (χ0) is 12.3. The van der Waals surface area contributed by atoms with Crippen LogP contribution in [0.25, 0.3) is 0 Å². The average molecular weight is 242 g/mol. The molecule has 0 atom stereocenters. The highest BCUT2D eigenvalue weighted by Gasteiger charge is 2.16. The van der Waals surface area contributed by atoms with Gasteiger partial charge >= 0.3 is 6.09 Å². The van der Waals surface area contributed by atoms with E-state index in [1.165, 1.54) is 0 Å². The third-order valence-electron chi connectivity index (χ3n) is 1.82. The van der Waals surface area contributed by atoms with E-state index in [4.69, 9.17) is 16.3 Å². The number of amides is 1. The molecule has 0 aliphatic rings. The summed E-state index contributed by atoms with van der Waals surface area (Å²) < 4.78 is 5.14. The van der Waals surface area contributed by atoms with Gasteiger partial charge in [0.2, 0.25) is 0 Å². The summed E-state index contributed by atoms with van der Waals surface area (Å²) in [5.74, 6) is 0. The Morgan fingerprint density at radius 1 is 1.38 bits per heavy atom. The third kappa shape index (κ3) is 4.11. The summed E-state index contributed by atoms with van der Waals surface area (Å²) in [7, 11) is 0. The third-order valence-corrected chi connectivity index (χ3v) is 2.06. The van der Waals surface area contributed by atoms with Gasteiger partial charge in [0.1, 0.15) is 5.60 Å². The Balaban J connectivity index is 2.70. The van der Waals surface area contributed by atoms with Gasteiger partial charge in [-0.2, -0.15) is 0 Å². The van der Waals surface area contributed by atoms with Crippen molar-refractivity contribution < 1.29 is 9.53 Å². The van der Waals surface area contributed by atoms with Crippen LogP contribution in [0, 0.1) is 6.92 Å². The maximum atomic E-state index is 11.5. The smallest absolute Gasteiger partial charge is 0.412 e. The molecule has 16 heavy (non-hydrogen) atoms. The van der Waals surface area contributed by atoms with Gasteiger partial charge in [-0.15, -0.1) is 0 Å². The topological polar surface area (TPSA) is 38.3 Å². The number of hydrogen-bond acceptors (Lipinski definition) is 2. The number of carbonyl (C=O) groups excluding carboxylic acids is 1. The van der Waals surface area contributed by atoms with E-state index in [2.05, 4.69) is 5.32 Å². The van der Waals surface area contributed by atoms with E-state index >= 15 is 0 Å². The second-order valence-electron chi connectivity index (χ2n) is 4.59. The lowest BCUT2D eigenvalue weighted by Gasteiger charge is -2.20. The largest absolute Gasteiger partial charge is 0.444 e. The van der Waals surface area contributed by atoms with Crippen LogP contribution >= 0.6 is 11.6 Å². The molecule has 0 spiro atoms. The van der Waals surface area contributed by atoms with E-state index in [1.807, 2.05) is 27.7 Å². The number of nitrogens with one attached hydrogen (secondary N) is 1. The minimum Gasteiger partial charge on any atom is -0.444 e. The molecule has 88 valence electrons. The molecule has 1 amide bonds. The standard InChI is InChI=1S/C12H16ClNO2/c1-8-7-9(13)5-6-10(8)14-11(15)16-12(2,3)4/h5-7H,1-4H3,(H,14,15). The van der Waals surface area contributed by atoms with Gasteiger partial charge in [0.25, 0.3) is 0 Å². The highest BCUT2D eigenvalue weighted by atomic mass is 35.5. The highest BCUT2D eigenvalue weighted by Crippen LogP contribution is 2.20. The Morgan fingerprint density at radius 2 is 2.00 bits per heavy atom. The number of ether oxygens (including phenoxy) is 1. The Labute approximate surface area is 101 Å². The van der Waals surface area contributed by atoms with Crippen LogP contribution in [0.5, 0.6) is 0 Å². The highest BCUT2D eigenvalue weighted by molar-refractivity contribution is 6.30. The second-order valence-corrected chi connectivity index (χ2v) is 5.02. The van der Waals surface area contributed by atoms with E-state index in [1.54, 1.807) is 18.2 Å². The maximum absolute atomic E-state index is 11.5. The molecule has 1 aromatic rings. The second kappa shape index (κ2) is 4.74. The number of carbonyl (C=O) groups is 1. The minimum absolute atomic E-state index is 0.460. The molecule has 4 heteroatoms. The summed E-state index contributed by atoms with van der Waals surface area (Å²) >= 11 is 5.82. The van der Waals surface area contributed by atoms with Gasteiger partial charge in [-0.3, -0.25) is 5.32 Å². The number of halogens is 1. The summed E-state index contributed by atoms with van der Waals surface area (Å²) in [6.07, 6.45) is -0.460. The van der Waals surface area contributed by atoms with Crippen LogP contribution in [0.15, 0.2) is 18.2 Å². The quantitative estimate of drug-likeness (QED) is 0.807. The Morgan fingerprint density at radius 3 is 2.50 bits per heavy atom. The average Bonchev–Trinajstić information content (AvgIpc) is 2.06. The lowest BCUT2D eigenvalue weighted by atomic mass is 10.2. The molecule has 0 radical (unpaired) electrons.